The zero-order chi connectivity index (χ0) is 35.4. The second-order valence-electron chi connectivity index (χ2n) is 9.79. The maximum absolute atomic E-state index is 12.3. The smallest absolute Gasteiger partial charge is 1.00 e. The molecule has 0 fully saturated rings. The fourth-order valence-corrected chi connectivity index (χ4v) is 6.72. The molecule has 0 unspecified atom stereocenters. The van der Waals surface area contributed by atoms with Crippen molar-refractivity contribution in [2.24, 2.45) is 20.5 Å². The molecule has 26 heteroatoms. The summed E-state index contributed by atoms with van der Waals surface area (Å²) >= 11 is 0. The summed E-state index contributed by atoms with van der Waals surface area (Å²) < 4.78 is 132. The summed E-state index contributed by atoms with van der Waals surface area (Å²) in [7, 11) is -19.3. The second kappa shape index (κ2) is 18.3. The molecule has 0 radical (unpaired) electrons. The van der Waals surface area contributed by atoms with E-state index in [1.807, 2.05) is 0 Å². The maximum atomic E-state index is 12.3. The second-order valence-corrected chi connectivity index (χ2v) is 15.4. The first kappa shape index (κ1) is 49.1. The minimum absolute atomic E-state index is 0. The predicted octanol–water partition coefficient (Wildman–Crippen LogP) is -6.44. The normalized spacial score (nSPS) is 12.2. The van der Waals surface area contributed by atoms with Gasteiger partial charge in [0.1, 0.15) is 15.5 Å². The Hall–Kier alpha value is -0.940. The summed E-state index contributed by atoms with van der Waals surface area (Å²) in [6.45, 7) is 0. The zero-order valence-electron chi connectivity index (χ0n) is 31.4. The molecule has 0 aromatic heterocycles. The van der Waals surface area contributed by atoms with Crippen LogP contribution in [0.15, 0.2) is 113 Å². The van der Waals surface area contributed by atoms with E-state index in [4.69, 9.17) is 10.3 Å². The molecular formula is C26H23N5Na4O13S4. The Morgan fingerprint density at radius 1 is 0.500 bits per heavy atom. The third-order valence-corrected chi connectivity index (χ3v) is 10.1. The van der Waals surface area contributed by atoms with Crippen LogP contribution in [0.5, 0.6) is 5.75 Å². The van der Waals surface area contributed by atoms with Crippen LogP contribution in [0.25, 0.3) is 21.5 Å². The van der Waals surface area contributed by atoms with Gasteiger partial charge in [0, 0.05) is 16.2 Å². The van der Waals surface area contributed by atoms with Crippen molar-refractivity contribution in [3.63, 3.8) is 0 Å². The van der Waals surface area contributed by atoms with Gasteiger partial charge in [0.25, 0.3) is 40.5 Å². The SMILES string of the molecule is Nc1cc2c(O)c(N=Nc3ccc(N=Nc4ccc(S(=O)(=O)O)cc4)c4ccc(S(=O)(=O)O)cc34)c(S(=O)(=O)O)cc2cc1S(=O)(=O)O.[H-].[H-].[H-].[H-].[Na+].[Na+].[Na+].[Na+]. The molecule has 5 aromatic carbocycles. The van der Waals surface area contributed by atoms with E-state index in [-0.39, 0.29) is 167 Å². The van der Waals surface area contributed by atoms with E-state index in [1.54, 1.807) is 0 Å². The van der Waals surface area contributed by atoms with Crippen LogP contribution in [0.3, 0.4) is 0 Å². The van der Waals surface area contributed by atoms with Gasteiger partial charge in [0.05, 0.1) is 32.5 Å². The minimum atomic E-state index is -5.17. The topological polar surface area (TPSA) is 313 Å². The van der Waals surface area contributed by atoms with Crippen LogP contribution in [0, 0.1) is 0 Å². The summed E-state index contributed by atoms with van der Waals surface area (Å²) in [5.41, 5.74) is 4.43. The molecule has 52 heavy (non-hydrogen) atoms. The maximum Gasteiger partial charge on any atom is 1.00 e. The molecule has 0 spiro atoms. The Balaban J connectivity index is -0.00000169. The van der Waals surface area contributed by atoms with Crippen molar-refractivity contribution in [3.8, 4) is 5.75 Å². The van der Waals surface area contributed by atoms with Gasteiger partial charge in [-0.3, -0.25) is 18.2 Å². The number of fused-ring (bicyclic) bond motifs is 2. The number of nitrogens with two attached hydrogens (primary N) is 1. The average Bonchev–Trinajstić information content (AvgIpc) is 2.97. The van der Waals surface area contributed by atoms with Crippen LogP contribution < -0.4 is 124 Å². The number of anilines is 1. The van der Waals surface area contributed by atoms with Gasteiger partial charge in [0.2, 0.25) is 0 Å². The molecule has 0 heterocycles. The first-order valence-corrected chi connectivity index (χ1v) is 18.4. The van der Waals surface area contributed by atoms with Gasteiger partial charge in [-0.25, -0.2) is 0 Å². The quantitative estimate of drug-likeness (QED) is 0.0367. The fraction of sp³-hybridized carbons (Fsp3) is 0. The third-order valence-electron chi connectivity index (χ3n) is 6.64. The molecule has 0 aliphatic rings. The Kier molecular flexibility index (Phi) is 17.3. The standard InChI is InChI=1S/C26H19N5O13S4.4Na.4H/c27-20-12-18-13(9-23(20)47(39,40)41)10-24(48(42,43)44)25(26(18)32)31-30-22-8-7-21(17-6-5-16(11-19(17)22)46(36,37)38)29-28-14-1-3-15(4-2-14)45(33,34)35;;;;;;;;/h1-12,32H,27H2,(H,33,34,35)(H,36,37,38)(H,39,40,41)(H,42,43,44);;;;;;;;/q;4*+1;4*-1. The number of nitrogen functional groups attached to an aromatic ring is 1. The molecule has 5 rings (SSSR count). The summed E-state index contributed by atoms with van der Waals surface area (Å²) in [4.78, 5) is -2.81. The largest absolute Gasteiger partial charge is 1.00 e. The summed E-state index contributed by atoms with van der Waals surface area (Å²) in [5, 5.41) is 26.3. The predicted molar refractivity (Wildman–Crippen MR) is 172 cm³/mol. The van der Waals surface area contributed by atoms with Gasteiger partial charge in [-0.2, -0.15) is 38.8 Å². The van der Waals surface area contributed by atoms with E-state index < -0.39 is 72.3 Å². The molecule has 0 saturated heterocycles. The summed E-state index contributed by atoms with van der Waals surface area (Å²) in [6.07, 6.45) is 0. The first-order chi connectivity index (χ1) is 22.1. The minimum Gasteiger partial charge on any atom is -1.00 e. The van der Waals surface area contributed by atoms with Crippen molar-refractivity contribution in [1.29, 1.82) is 0 Å². The first-order valence-electron chi connectivity index (χ1n) is 12.6. The molecule has 0 bridgehead atoms. The number of nitrogens with zero attached hydrogens (tertiary/aromatic N) is 4. The zero-order valence-corrected chi connectivity index (χ0v) is 38.7. The Labute approximate surface area is 390 Å². The average molecular weight is 834 g/mol. The van der Waals surface area contributed by atoms with E-state index >= 15 is 0 Å². The van der Waals surface area contributed by atoms with Crippen molar-refractivity contribution in [3.05, 3.63) is 72.8 Å². The number of aromatic hydroxyl groups is 1. The van der Waals surface area contributed by atoms with Crippen LogP contribution >= 0.6 is 0 Å². The van der Waals surface area contributed by atoms with E-state index in [9.17, 15) is 52.4 Å². The number of rotatable bonds is 8. The third kappa shape index (κ3) is 11.1. The van der Waals surface area contributed by atoms with E-state index in [1.165, 1.54) is 30.3 Å². The summed E-state index contributed by atoms with van der Waals surface area (Å²) in [6, 6.07) is 12.9. The van der Waals surface area contributed by atoms with Crippen LogP contribution in [0.4, 0.5) is 28.4 Å². The van der Waals surface area contributed by atoms with Gasteiger partial charge in [-0.15, -0.1) is 15.3 Å². The van der Waals surface area contributed by atoms with Crippen LogP contribution in [0.2, 0.25) is 0 Å². The van der Waals surface area contributed by atoms with Crippen molar-refractivity contribution >= 4 is 90.5 Å². The molecule has 0 aliphatic heterocycles. The molecule has 0 aliphatic carbocycles. The number of azo groups is 2. The van der Waals surface area contributed by atoms with Crippen molar-refractivity contribution in [2.75, 3.05) is 5.73 Å². The van der Waals surface area contributed by atoms with Gasteiger partial charge < -0.3 is 16.5 Å². The summed E-state index contributed by atoms with van der Waals surface area (Å²) in [5.74, 6) is -0.925. The molecular weight excluding hydrogens is 811 g/mol. The molecule has 0 saturated carbocycles. The molecule has 258 valence electrons. The van der Waals surface area contributed by atoms with E-state index in [2.05, 4.69) is 20.5 Å². The van der Waals surface area contributed by atoms with Crippen molar-refractivity contribution in [2.45, 2.75) is 19.6 Å². The number of hydrogen-bond acceptors (Lipinski definition) is 14. The number of benzene rings is 5. The van der Waals surface area contributed by atoms with Gasteiger partial charge in [-0.1, -0.05) is 6.07 Å². The van der Waals surface area contributed by atoms with Crippen molar-refractivity contribution in [1.82, 2.24) is 0 Å². The molecule has 0 atom stereocenters. The van der Waals surface area contributed by atoms with E-state index in [0.717, 1.165) is 42.5 Å². The molecule has 0 amide bonds. The van der Waals surface area contributed by atoms with Crippen molar-refractivity contribution < 1.29 is 181 Å². The Morgan fingerprint density at radius 2 is 0.981 bits per heavy atom. The molecule has 18 nitrogen and oxygen atoms in total. The van der Waals surface area contributed by atoms with Crippen LogP contribution in [0.1, 0.15) is 5.71 Å². The van der Waals surface area contributed by atoms with Gasteiger partial charge in [0.15, 0.2) is 5.75 Å². The fourth-order valence-electron chi connectivity index (χ4n) is 4.44. The monoisotopic (exact) mass is 833 g/mol. The van der Waals surface area contributed by atoms with Crippen LogP contribution in [-0.2, 0) is 40.5 Å². The van der Waals surface area contributed by atoms with E-state index in [0.29, 0.717) is 0 Å². The molecule has 5 aromatic rings. The number of hydrogen-bond donors (Lipinski definition) is 6. The number of phenolic OH excluding ortho intramolecular Hbond substituents is 1. The van der Waals surface area contributed by atoms with Gasteiger partial charge in [-0.05, 0) is 72.1 Å². The van der Waals surface area contributed by atoms with Crippen LogP contribution in [-0.4, -0.2) is 57.0 Å². The Bertz CT molecular complexity index is 2720. The molecule has 7 N–H and O–H groups in total. The number of phenols is 1. The van der Waals surface area contributed by atoms with Gasteiger partial charge >= 0.3 is 118 Å². The Morgan fingerprint density at radius 3 is 1.50 bits per heavy atom.